The number of hydrogen-bond acceptors (Lipinski definition) is 5. The fraction of sp³-hybridized carbons (Fsp3) is 0.0667. The average Bonchev–Trinajstić information content (AvgIpc) is 3.03. The summed E-state index contributed by atoms with van der Waals surface area (Å²) in [6.45, 7) is 0.242. The van der Waals surface area contributed by atoms with Crippen LogP contribution in [0, 0.1) is 10.1 Å². The molecule has 3 aromatic rings. The van der Waals surface area contributed by atoms with Crippen molar-refractivity contribution in [2.45, 2.75) is 6.61 Å². The van der Waals surface area contributed by atoms with Crippen molar-refractivity contribution >= 4 is 5.69 Å². The molecule has 0 saturated carbocycles. The van der Waals surface area contributed by atoms with Crippen molar-refractivity contribution in [1.29, 1.82) is 0 Å². The Kier molecular flexibility index (Phi) is 3.78. The molecule has 1 N–H and O–H groups in total. The van der Waals surface area contributed by atoms with Crippen molar-refractivity contribution in [2.75, 3.05) is 0 Å². The number of benzene rings is 2. The smallest absolute Gasteiger partial charge is 0.270 e. The van der Waals surface area contributed by atoms with E-state index in [1.807, 2.05) is 30.3 Å². The van der Waals surface area contributed by atoms with Gasteiger partial charge in [0.25, 0.3) is 5.69 Å². The Morgan fingerprint density at radius 2 is 1.95 bits per heavy atom. The number of aromatic nitrogens is 3. The van der Waals surface area contributed by atoms with E-state index >= 15 is 0 Å². The molecule has 7 nitrogen and oxygen atoms in total. The zero-order valence-electron chi connectivity index (χ0n) is 11.5. The van der Waals surface area contributed by atoms with E-state index in [4.69, 9.17) is 4.74 Å². The number of para-hydroxylation sites is 1. The van der Waals surface area contributed by atoms with Crippen LogP contribution >= 0.6 is 0 Å². The quantitative estimate of drug-likeness (QED) is 0.577. The monoisotopic (exact) mass is 296 g/mol. The molecule has 3 rings (SSSR count). The van der Waals surface area contributed by atoms with Crippen LogP contribution < -0.4 is 4.74 Å². The second-order valence-corrected chi connectivity index (χ2v) is 4.51. The number of nitro groups is 1. The minimum absolute atomic E-state index is 0.00406. The molecule has 1 heterocycles. The summed E-state index contributed by atoms with van der Waals surface area (Å²) in [4.78, 5) is 14.6. The van der Waals surface area contributed by atoms with Crippen LogP contribution in [0.5, 0.6) is 5.75 Å². The summed E-state index contributed by atoms with van der Waals surface area (Å²) in [5, 5.41) is 17.6. The summed E-state index contributed by atoms with van der Waals surface area (Å²) in [6, 6.07) is 15.5. The van der Waals surface area contributed by atoms with Gasteiger partial charge >= 0.3 is 0 Å². The highest BCUT2D eigenvalue weighted by molar-refractivity contribution is 5.58. The Morgan fingerprint density at radius 1 is 1.14 bits per heavy atom. The largest absolute Gasteiger partial charge is 0.486 e. The van der Waals surface area contributed by atoms with Crippen LogP contribution in [-0.2, 0) is 6.61 Å². The number of nitro benzene ring substituents is 1. The molecule has 0 atom stereocenters. The highest BCUT2D eigenvalue weighted by atomic mass is 16.6. The van der Waals surface area contributed by atoms with Crippen LogP contribution in [-0.4, -0.2) is 20.1 Å². The van der Waals surface area contributed by atoms with Gasteiger partial charge in [-0.2, -0.15) is 5.10 Å². The van der Waals surface area contributed by atoms with Gasteiger partial charge in [0, 0.05) is 17.7 Å². The van der Waals surface area contributed by atoms with E-state index in [9.17, 15) is 10.1 Å². The molecule has 0 amide bonds. The minimum atomic E-state index is -0.449. The van der Waals surface area contributed by atoms with E-state index < -0.39 is 4.92 Å². The maximum absolute atomic E-state index is 10.8. The van der Waals surface area contributed by atoms with E-state index in [1.54, 1.807) is 12.1 Å². The van der Waals surface area contributed by atoms with Crippen LogP contribution in [0.4, 0.5) is 5.69 Å². The van der Waals surface area contributed by atoms with Gasteiger partial charge in [-0.3, -0.25) is 15.2 Å². The standard InChI is InChI=1S/C15H12N4O3/c20-19(21)12-6-4-5-11(9-12)15-16-14(17-18-15)10-22-13-7-2-1-3-8-13/h1-9H,10H2,(H,16,17,18). The number of rotatable bonds is 5. The van der Waals surface area contributed by atoms with Crippen molar-refractivity contribution in [3.05, 3.63) is 70.5 Å². The fourth-order valence-electron chi connectivity index (χ4n) is 1.92. The summed E-state index contributed by atoms with van der Waals surface area (Å²) in [6.07, 6.45) is 0. The third-order valence-electron chi connectivity index (χ3n) is 2.97. The number of nitrogens with one attached hydrogen (secondary N) is 1. The van der Waals surface area contributed by atoms with Crippen LogP contribution in [0.25, 0.3) is 11.4 Å². The normalized spacial score (nSPS) is 10.4. The fourth-order valence-corrected chi connectivity index (χ4v) is 1.92. The summed E-state index contributed by atoms with van der Waals surface area (Å²) in [5.41, 5.74) is 0.584. The lowest BCUT2D eigenvalue weighted by molar-refractivity contribution is -0.384. The molecule has 0 aliphatic carbocycles. The summed E-state index contributed by atoms with van der Waals surface area (Å²) < 4.78 is 5.56. The van der Waals surface area contributed by atoms with Crippen LogP contribution in [0.2, 0.25) is 0 Å². The summed E-state index contributed by atoms with van der Waals surface area (Å²) in [7, 11) is 0. The van der Waals surface area contributed by atoms with Gasteiger partial charge in [0.1, 0.15) is 12.4 Å². The number of nitrogens with zero attached hydrogens (tertiary/aromatic N) is 3. The third-order valence-corrected chi connectivity index (χ3v) is 2.97. The van der Waals surface area contributed by atoms with E-state index in [-0.39, 0.29) is 12.3 Å². The number of ether oxygens (including phenoxy) is 1. The lowest BCUT2D eigenvalue weighted by atomic mass is 10.2. The predicted molar refractivity (Wildman–Crippen MR) is 79.2 cm³/mol. The van der Waals surface area contributed by atoms with Crippen LogP contribution in [0.15, 0.2) is 54.6 Å². The van der Waals surface area contributed by atoms with Crippen molar-refractivity contribution < 1.29 is 9.66 Å². The van der Waals surface area contributed by atoms with Crippen molar-refractivity contribution in [2.24, 2.45) is 0 Å². The van der Waals surface area contributed by atoms with Crippen molar-refractivity contribution in [1.82, 2.24) is 15.2 Å². The lowest BCUT2D eigenvalue weighted by Crippen LogP contribution is -1.97. The Labute approximate surface area is 125 Å². The van der Waals surface area contributed by atoms with Crippen LogP contribution in [0.3, 0.4) is 0 Å². The van der Waals surface area contributed by atoms with E-state index in [1.165, 1.54) is 12.1 Å². The molecule has 110 valence electrons. The predicted octanol–water partition coefficient (Wildman–Crippen LogP) is 2.96. The summed E-state index contributed by atoms with van der Waals surface area (Å²) in [5.74, 6) is 1.68. The maximum Gasteiger partial charge on any atom is 0.270 e. The highest BCUT2D eigenvalue weighted by Crippen LogP contribution is 2.21. The van der Waals surface area contributed by atoms with Gasteiger partial charge < -0.3 is 4.74 Å². The SMILES string of the molecule is O=[N+]([O-])c1cccc(-c2n[nH]c(COc3ccccc3)n2)c1. The molecule has 0 saturated heterocycles. The number of H-pyrrole nitrogens is 1. The molecule has 0 bridgehead atoms. The molecule has 0 aliphatic heterocycles. The minimum Gasteiger partial charge on any atom is -0.486 e. The molecule has 2 aromatic carbocycles. The van der Waals surface area contributed by atoms with Gasteiger partial charge in [-0.05, 0) is 12.1 Å². The molecular weight excluding hydrogens is 284 g/mol. The average molecular weight is 296 g/mol. The third kappa shape index (κ3) is 3.09. The molecule has 0 fully saturated rings. The van der Waals surface area contributed by atoms with Gasteiger partial charge in [0.15, 0.2) is 11.6 Å². The zero-order chi connectivity index (χ0) is 15.4. The molecule has 22 heavy (non-hydrogen) atoms. The van der Waals surface area contributed by atoms with Gasteiger partial charge in [0.2, 0.25) is 0 Å². The zero-order valence-corrected chi connectivity index (χ0v) is 11.5. The molecular formula is C15H12N4O3. The Hall–Kier alpha value is -3.22. The van der Waals surface area contributed by atoms with Gasteiger partial charge in [0.05, 0.1) is 4.92 Å². The first kappa shape index (κ1) is 13.7. The molecule has 1 aromatic heterocycles. The highest BCUT2D eigenvalue weighted by Gasteiger charge is 2.11. The van der Waals surface area contributed by atoms with E-state index in [0.717, 1.165) is 5.75 Å². The number of aromatic amines is 1. The van der Waals surface area contributed by atoms with Crippen molar-refractivity contribution in [3.8, 4) is 17.1 Å². The molecule has 0 radical (unpaired) electrons. The van der Waals surface area contributed by atoms with Gasteiger partial charge in [-0.15, -0.1) is 0 Å². The van der Waals surface area contributed by atoms with Crippen LogP contribution in [0.1, 0.15) is 5.82 Å². The van der Waals surface area contributed by atoms with Crippen molar-refractivity contribution in [3.63, 3.8) is 0 Å². The van der Waals surface area contributed by atoms with Gasteiger partial charge in [-0.25, -0.2) is 4.98 Å². The first-order valence-electron chi connectivity index (χ1n) is 6.56. The second kappa shape index (κ2) is 6.04. The molecule has 0 aliphatic rings. The lowest BCUT2D eigenvalue weighted by Gasteiger charge is -2.02. The maximum atomic E-state index is 10.8. The molecule has 0 spiro atoms. The Morgan fingerprint density at radius 3 is 2.73 bits per heavy atom. The number of non-ortho nitro benzene ring substituents is 1. The second-order valence-electron chi connectivity index (χ2n) is 4.51. The molecule has 0 unspecified atom stereocenters. The van der Waals surface area contributed by atoms with E-state index in [2.05, 4.69) is 15.2 Å². The topological polar surface area (TPSA) is 93.9 Å². The Bertz CT molecular complexity index is 786. The summed E-state index contributed by atoms with van der Waals surface area (Å²) >= 11 is 0. The molecule has 7 heteroatoms. The number of hydrogen-bond donors (Lipinski definition) is 1. The first-order chi connectivity index (χ1) is 10.7. The first-order valence-corrected chi connectivity index (χ1v) is 6.56. The Balaban J connectivity index is 1.73. The van der Waals surface area contributed by atoms with Gasteiger partial charge in [-0.1, -0.05) is 30.3 Å². The van der Waals surface area contributed by atoms with E-state index in [0.29, 0.717) is 17.2 Å².